The Hall–Kier alpha value is -0.910. The third-order valence-electron chi connectivity index (χ3n) is 1.57. The van der Waals surface area contributed by atoms with E-state index >= 15 is 0 Å². The van der Waals surface area contributed by atoms with Gasteiger partial charge >= 0.3 is 0 Å². The molecule has 14 heavy (non-hydrogen) atoms. The van der Waals surface area contributed by atoms with Gasteiger partial charge < -0.3 is 15.2 Å². The molecule has 0 spiro atoms. The van der Waals surface area contributed by atoms with Crippen molar-refractivity contribution in [1.82, 2.24) is 10.2 Å². The molecule has 1 heterocycles. The molecule has 0 saturated carbocycles. The van der Waals surface area contributed by atoms with Crippen LogP contribution in [0, 0.1) is 0 Å². The molecular weight excluding hydrogens is 206 g/mol. The van der Waals surface area contributed by atoms with Crippen LogP contribution in [-0.4, -0.2) is 41.7 Å². The van der Waals surface area contributed by atoms with Gasteiger partial charge in [0.15, 0.2) is 5.15 Å². The van der Waals surface area contributed by atoms with Crippen molar-refractivity contribution in [3.63, 3.8) is 0 Å². The molecule has 5 nitrogen and oxygen atoms in total. The van der Waals surface area contributed by atoms with Crippen LogP contribution in [0.2, 0.25) is 5.15 Å². The van der Waals surface area contributed by atoms with Crippen LogP contribution in [-0.2, 0) is 4.74 Å². The smallest absolute Gasteiger partial charge is 0.151 e. The zero-order valence-corrected chi connectivity index (χ0v) is 8.53. The van der Waals surface area contributed by atoms with E-state index in [4.69, 9.17) is 21.4 Å². The van der Waals surface area contributed by atoms with E-state index < -0.39 is 0 Å². The molecule has 0 saturated heterocycles. The second-order valence-electron chi connectivity index (χ2n) is 2.72. The highest BCUT2D eigenvalue weighted by atomic mass is 35.5. The van der Waals surface area contributed by atoms with Gasteiger partial charge in [0.2, 0.25) is 0 Å². The lowest BCUT2D eigenvalue weighted by Crippen LogP contribution is -2.29. The molecule has 78 valence electrons. The summed E-state index contributed by atoms with van der Waals surface area (Å²) in [5.74, 6) is 0.561. The maximum atomic E-state index is 8.96. The van der Waals surface area contributed by atoms with E-state index in [2.05, 4.69) is 15.5 Å². The maximum Gasteiger partial charge on any atom is 0.151 e. The minimum absolute atomic E-state index is 0.0296. The van der Waals surface area contributed by atoms with Gasteiger partial charge in [-0.15, -0.1) is 10.2 Å². The van der Waals surface area contributed by atoms with Gasteiger partial charge in [-0.2, -0.15) is 0 Å². The van der Waals surface area contributed by atoms with Crippen molar-refractivity contribution in [1.29, 1.82) is 0 Å². The molecule has 0 bridgehead atoms. The first-order chi connectivity index (χ1) is 6.76. The molecule has 1 aromatic rings. The Balaban J connectivity index is 2.53. The third-order valence-corrected chi connectivity index (χ3v) is 1.77. The number of nitrogens with one attached hydrogen (secondary N) is 1. The Labute approximate surface area is 87.1 Å². The van der Waals surface area contributed by atoms with Crippen molar-refractivity contribution in [2.75, 3.05) is 25.6 Å². The number of rotatable bonds is 5. The third kappa shape index (κ3) is 3.45. The molecule has 0 aliphatic heterocycles. The zero-order chi connectivity index (χ0) is 10.4. The van der Waals surface area contributed by atoms with E-state index in [9.17, 15) is 0 Å². The van der Waals surface area contributed by atoms with E-state index in [0.29, 0.717) is 17.6 Å². The van der Waals surface area contributed by atoms with Crippen LogP contribution >= 0.6 is 11.6 Å². The predicted octanol–water partition coefficient (Wildman–Crippen LogP) is 0.549. The van der Waals surface area contributed by atoms with E-state index in [1.807, 2.05) is 0 Å². The van der Waals surface area contributed by atoms with Crippen molar-refractivity contribution in [2.45, 2.75) is 6.04 Å². The van der Waals surface area contributed by atoms with Crippen molar-refractivity contribution in [3.8, 4) is 0 Å². The highest BCUT2D eigenvalue weighted by Crippen LogP contribution is 2.07. The summed E-state index contributed by atoms with van der Waals surface area (Å²) >= 11 is 5.57. The summed E-state index contributed by atoms with van der Waals surface area (Å²) in [6, 6.07) is 3.13. The first-order valence-electron chi connectivity index (χ1n) is 4.12. The summed E-state index contributed by atoms with van der Waals surface area (Å²) in [5.41, 5.74) is 0. The number of aliphatic hydroxyl groups is 1. The first-order valence-corrected chi connectivity index (χ1v) is 4.49. The van der Waals surface area contributed by atoms with Crippen LogP contribution in [0.4, 0.5) is 5.82 Å². The summed E-state index contributed by atoms with van der Waals surface area (Å²) in [5, 5.41) is 19.7. The molecule has 0 aliphatic rings. The van der Waals surface area contributed by atoms with Crippen molar-refractivity contribution >= 4 is 17.4 Å². The maximum absolute atomic E-state index is 8.96. The van der Waals surface area contributed by atoms with E-state index in [0.717, 1.165) is 0 Å². The lowest BCUT2D eigenvalue weighted by atomic mass is 10.3. The van der Waals surface area contributed by atoms with Gasteiger partial charge in [0.05, 0.1) is 19.3 Å². The first kappa shape index (κ1) is 11.2. The van der Waals surface area contributed by atoms with E-state index in [1.165, 1.54) is 0 Å². The van der Waals surface area contributed by atoms with E-state index in [-0.39, 0.29) is 12.6 Å². The number of hydrogen-bond acceptors (Lipinski definition) is 5. The van der Waals surface area contributed by atoms with Crippen LogP contribution in [0.3, 0.4) is 0 Å². The Morgan fingerprint density at radius 1 is 1.57 bits per heavy atom. The number of aliphatic hydroxyl groups excluding tert-OH is 1. The molecule has 0 aromatic carbocycles. The normalized spacial score (nSPS) is 12.5. The molecular formula is C8H12ClN3O2. The van der Waals surface area contributed by atoms with Crippen LogP contribution in [0.25, 0.3) is 0 Å². The number of aromatic nitrogens is 2. The molecule has 6 heteroatoms. The lowest BCUT2D eigenvalue weighted by Gasteiger charge is -2.14. The van der Waals surface area contributed by atoms with Gasteiger partial charge in [-0.05, 0) is 12.1 Å². The molecule has 0 aliphatic carbocycles. The molecule has 0 amide bonds. The summed E-state index contributed by atoms with van der Waals surface area (Å²) in [4.78, 5) is 0. The summed E-state index contributed by atoms with van der Waals surface area (Å²) in [7, 11) is 1.57. The molecule has 1 atom stereocenters. The fraction of sp³-hybridized carbons (Fsp3) is 0.500. The van der Waals surface area contributed by atoms with Gasteiger partial charge in [-0.25, -0.2) is 0 Å². The predicted molar refractivity (Wildman–Crippen MR) is 53.4 cm³/mol. The fourth-order valence-corrected chi connectivity index (χ4v) is 1.04. The highest BCUT2D eigenvalue weighted by molar-refractivity contribution is 6.29. The van der Waals surface area contributed by atoms with Crippen LogP contribution in [0.15, 0.2) is 12.1 Å². The van der Waals surface area contributed by atoms with Crippen molar-refractivity contribution < 1.29 is 9.84 Å². The average molecular weight is 218 g/mol. The summed E-state index contributed by atoms with van der Waals surface area (Å²) < 4.78 is 4.89. The monoisotopic (exact) mass is 217 g/mol. The molecule has 0 radical (unpaired) electrons. The Bertz CT molecular complexity index is 268. The van der Waals surface area contributed by atoms with Crippen molar-refractivity contribution in [2.24, 2.45) is 0 Å². The van der Waals surface area contributed by atoms with Gasteiger partial charge in [-0.3, -0.25) is 0 Å². The Morgan fingerprint density at radius 2 is 2.36 bits per heavy atom. The highest BCUT2D eigenvalue weighted by Gasteiger charge is 2.07. The Kier molecular flexibility index (Phi) is 4.58. The quantitative estimate of drug-likeness (QED) is 0.754. The van der Waals surface area contributed by atoms with E-state index in [1.54, 1.807) is 19.2 Å². The molecule has 1 aromatic heterocycles. The number of ether oxygens (including phenoxy) is 1. The Morgan fingerprint density at radius 3 is 2.86 bits per heavy atom. The SMILES string of the molecule is COCC(CO)Nc1ccc(Cl)nn1. The summed E-state index contributed by atoms with van der Waals surface area (Å²) in [6.07, 6.45) is 0. The second kappa shape index (κ2) is 5.74. The molecule has 1 unspecified atom stereocenters. The topological polar surface area (TPSA) is 67.3 Å². The molecule has 1 rings (SSSR count). The van der Waals surface area contributed by atoms with Crippen LogP contribution < -0.4 is 5.32 Å². The van der Waals surface area contributed by atoms with Gasteiger partial charge in [0, 0.05) is 7.11 Å². The molecule has 0 fully saturated rings. The lowest BCUT2D eigenvalue weighted by molar-refractivity contribution is 0.153. The number of anilines is 1. The number of hydrogen-bond donors (Lipinski definition) is 2. The van der Waals surface area contributed by atoms with Crippen molar-refractivity contribution in [3.05, 3.63) is 17.3 Å². The number of nitrogens with zero attached hydrogens (tertiary/aromatic N) is 2. The zero-order valence-electron chi connectivity index (χ0n) is 7.77. The minimum atomic E-state index is -0.185. The second-order valence-corrected chi connectivity index (χ2v) is 3.11. The van der Waals surface area contributed by atoms with Crippen LogP contribution in [0.5, 0.6) is 0 Å². The number of methoxy groups -OCH3 is 1. The number of halogens is 1. The van der Waals surface area contributed by atoms with Gasteiger partial charge in [0.25, 0.3) is 0 Å². The summed E-state index contributed by atoms with van der Waals surface area (Å²) in [6.45, 7) is 0.374. The van der Waals surface area contributed by atoms with Gasteiger partial charge in [0.1, 0.15) is 5.82 Å². The average Bonchev–Trinajstić information content (AvgIpc) is 2.20. The standard InChI is InChI=1S/C8H12ClN3O2/c1-14-5-6(4-13)10-8-3-2-7(9)11-12-8/h2-3,6,13H,4-5H2,1H3,(H,10,12). The minimum Gasteiger partial charge on any atom is -0.394 e. The van der Waals surface area contributed by atoms with Crippen LogP contribution in [0.1, 0.15) is 0 Å². The largest absolute Gasteiger partial charge is 0.394 e. The van der Waals surface area contributed by atoms with Gasteiger partial charge in [-0.1, -0.05) is 11.6 Å². The fourth-order valence-electron chi connectivity index (χ4n) is 0.943. The molecule has 2 N–H and O–H groups in total.